The number of carbonyl (C=O) groups excluding carboxylic acids is 1. The topological polar surface area (TPSA) is 32.8 Å². The summed E-state index contributed by atoms with van der Waals surface area (Å²) in [6.45, 7) is 2.32. The largest absolute Gasteiger partial charge is 0.492 e. The lowest BCUT2D eigenvalue weighted by Crippen LogP contribution is -2.19. The molecule has 0 saturated heterocycles. The van der Waals surface area contributed by atoms with E-state index in [2.05, 4.69) is 4.90 Å². The zero-order valence-corrected chi connectivity index (χ0v) is 10.3. The van der Waals surface area contributed by atoms with Crippen LogP contribution >= 0.6 is 0 Å². The highest BCUT2D eigenvalue weighted by Gasteiger charge is 2.18. The molecule has 1 aliphatic rings. The van der Waals surface area contributed by atoms with E-state index in [-0.39, 0.29) is 0 Å². The van der Waals surface area contributed by atoms with E-state index in [0.29, 0.717) is 6.61 Å². The number of ether oxygens (including phenoxy) is 1. The van der Waals surface area contributed by atoms with Crippen molar-refractivity contribution in [2.24, 2.45) is 0 Å². The van der Waals surface area contributed by atoms with E-state index >= 15 is 0 Å². The Morgan fingerprint density at radius 2 is 2.29 bits per heavy atom. The normalized spacial score (nSPS) is 13.9. The fraction of sp³-hybridized carbons (Fsp3) is 0.462. The summed E-state index contributed by atoms with van der Waals surface area (Å²) in [5, 5.41) is 0. The van der Waals surface area contributed by atoms with Crippen molar-refractivity contribution in [1.82, 2.24) is 4.90 Å². The van der Waals surface area contributed by atoms with Gasteiger partial charge >= 0.3 is 0 Å². The molecule has 0 spiro atoms. The van der Waals surface area contributed by atoms with Crippen LogP contribution in [0, 0.1) is 0 Å². The van der Waals surface area contributed by atoms with Crippen molar-refractivity contribution in [1.29, 1.82) is 0 Å². The predicted molar refractivity (Wildman–Crippen MR) is 67.6 cm³/mol. The van der Waals surface area contributed by atoms with E-state index in [0.717, 1.165) is 37.4 Å². The van der Waals surface area contributed by atoms with Gasteiger partial charge < -0.3 is 14.5 Å². The van der Waals surface area contributed by atoms with Gasteiger partial charge in [0.1, 0.15) is 12.4 Å². The summed E-state index contributed by atoms with van der Waals surface area (Å²) >= 11 is 0. The maximum atomic E-state index is 10.9. The Balaban J connectivity index is 2.03. The molecule has 0 atom stereocenters. The van der Waals surface area contributed by atoms with Crippen LogP contribution in [0.4, 0.5) is 5.69 Å². The van der Waals surface area contributed by atoms with E-state index in [9.17, 15) is 4.79 Å². The van der Waals surface area contributed by atoms with Gasteiger partial charge in [0.2, 0.25) is 6.41 Å². The van der Waals surface area contributed by atoms with Crippen molar-refractivity contribution in [2.45, 2.75) is 6.42 Å². The second kappa shape index (κ2) is 5.19. The average molecular weight is 234 g/mol. The minimum Gasteiger partial charge on any atom is -0.492 e. The monoisotopic (exact) mass is 234 g/mol. The number of fused-ring (bicyclic) bond motifs is 1. The van der Waals surface area contributed by atoms with Crippen LogP contribution in [0.15, 0.2) is 18.2 Å². The molecule has 0 N–H and O–H groups in total. The van der Waals surface area contributed by atoms with Crippen LogP contribution in [-0.2, 0) is 11.2 Å². The average Bonchev–Trinajstić information content (AvgIpc) is 2.70. The Morgan fingerprint density at radius 1 is 1.47 bits per heavy atom. The molecule has 0 fully saturated rings. The SMILES string of the molecule is CN(C)CCOc1ccc2c(c1)N(C=O)CC2. The number of benzene rings is 1. The number of likely N-dealkylation sites (N-methyl/N-ethyl adjacent to an activating group) is 1. The predicted octanol–water partition coefficient (Wildman–Crippen LogP) is 1.15. The van der Waals surface area contributed by atoms with Gasteiger partial charge in [0, 0.05) is 19.2 Å². The van der Waals surface area contributed by atoms with Crippen LogP contribution in [0.2, 0.25) is 0 Å². The molecule has 0 aliphatic carbocycles. The molecule has 2 rings (SSSR count). The van der Waals surface area contributed by atoms with Gasteiger partial charge in [0.15, 0.2) is 0 Å². The molecule has 0 bridgehead atoms. The maximum absolute atomic E-state index is 10.9. The lowest BCUT2D eigenvalue weighted by Gasteiger charge is -2.14. The number of amides is 1. The van der Waals surface area contributed by atoms with Gasteiger partial charge in [-0.05, 0) is 32.1 Å². The molecule has 17 heavy (non-hydrogen) atoms. The van der Waals surface area contributed by atoms with Crippen LogP contribution in [0.3, 0.4) is 0 Å². The van der Waals surface area contributed by atoms with E-state index in [4.69, 9.17) is 4.74 Å². The third kappa shape index (κ3) is 2.77. The molecule has 1 aliphatic heterocycles. The van der Waals surface area contributed by atoms with E-state index in [1.807, 2.05) is 32.3 Å². The summed E-state index contributed by atoms with van der Waals surface area (Å²) < 4.78 is 5.65. The van der Waals surface area contributed by atoms with Crippen molar-refractivity contribution < 1.29 is 9.53 Å². The van der Waals surface area contributed by atoms with Crippen LogP contribution in [-0.4, -0.2) is 45.1 Å². The molecule has 92 valence electrons. The number of hydrogen-bond acceptors (Lipinski definition) is 3. The minimum absolute atomic E-state index is 0.660. The summed E-state index contributed by atoms with van der Waals surface area (Å²) in [6.07, 6.45) is 1.82. The second-order valence-corrected chi connectivity index (χ2v) is 4.49. The molecular weight excluding hydrogens is 216 g/mol. The zero-order valence-electron chi connectivity index (χ0n) is 10.3. The summed E-state index contributed by atoms with van der Waals surface area (Å²) in [4.78, 5) is 14.7. The molecule has 4 nitrogen and oxygen atoms in total. The standard InChI is InChI=1S/C13H18N2O2/c1-14(2)7-8-17-12-4-3-11-5-6-15(10-16)13(11)9-12/h3-4,9-10H,5-8H2,1-2H3. The minimum atomic E-state index is 0.660. The summed E-state index contributed by atoms with van der Waals surface area (Å²) in [5.41, 5.74) is 2.21. The fourth-order valence-corrected chi connectivity index (χ4v) is 1.93. The van der Waals surface area contributed by atoms with Gasteiger partial charge in [-0.3, -0.25) is 4.79 Å². The highest BCUT2D eigenvalue weighted by atomic mass is 16.5. The van der Waals surface area contributed by atoms with Gasteiger partial charge in [-0.25, -0.2) is 0 Å². The molecular formula is C13H18N2O2. The van der Waals surface area contributed by atoms with Gasteiger partial charge in [-0.1, -0.05) is 6.07 Å². The van der Waals surface area contributed by atoms with Crippen LogP contribution < -0.4 is 9.64 Å². The Hall–Kier alpha value is -1.55. The van der Waals surface area contributed by atoms with E-state index in [1.54, 1.807) is 4.90 Å². The molecule has 0 saturated carbocycles. The van der Waals surface area contributed by atoms with Crippen molar-refractivity contribution in [2.75, 3.05) is 38.7 Å². The highest BCUT2D eigenvalue weighted by Crippen LogP contribution is 2.30. The molecule has 1 aromatic carbocycles. The molecule has 0 unspecified atom stereocenters. The van der Waals surface area contributed by atoms with Crippen molar-refractivity contribution >= 4 is 12.1 Å². The lowest BCUT2D eigenvalue weighted by atomic mass is 10.1. The van der Waals surface area contributed by atoms with Crippen molar-refractivity contribution in [3.63, 3.8) is 0 Å². The highest BCUT2D eigenvalue weighted by molar-refractivity contribution is 5.80. The smallest absolute Gasteiger partial charge is 0.214 e. The first kappa shape index (κ1) is 11.9. The second-order valence-electron chi connectivity index (χ2n) is 4.49. The van der Waals surface area contributed by atoms with Crippen molar-refractivity contribution in [3.05, 3.63) is 23.8 Å². The van der Waals surface area contributed by atoms with Gasteiger partial charge in [-0.2, -0.15) is 0 Å². The first-order valence-electron chi connectivity index (χ1n) is 5.83. The number of nitrogens with zero attached hydrogens (tertiary/aromatic N) is 2. The number of rotatable bonds is 5. The third-order valence-corrected chi connectivity index (χ3v) is 2.92. The third-order valence-electron chi connectivity index (χ3n) is 2.92. The Labute approximate surface area is 102 Å². The van der Waals surface area contributed by atoms with Gasteiger partial charge in [0.05, 0.1) is 5.69 Å². The van der Waals surface area contributed by atoms with Gasteiger partial charge in [0.25, 0.3) is 0 Å². The Bertz CT molecular complexity index is 404. The van der Waals surface area contributed by atoms with Crippen LogP contribution in [0.25, 0.3) is 0 Å². The summed E-state index contributed by atoms with van der Waals surface area (Å²) in [6, 6.07) is 5.97. The van der Waals surface area contributed by atoms with Gasteiger partial charge in [-0.15, -0.1) is 0 Å². The first-order chi connectivity index (χ1) is 8.20. The fourth-order valence-electron chi connectivity index (χ4n) is 1.93. The number of carbonyl (C=O) groups is 1. The maximum Gasteiger partial charge on any atom is 0.214 e. The molecule has 0 radical (unpaired) electrons. The summed E-state index contributed by atoms with van der Waals surface area (Å²) in [7, 11) is 4.03. The Kier molecular flexibility index (Phi) is 3.64. The number of hydrogen-bond donors (Lipinski definition) is 0. The molecule has 1 heterocycles. The molecule has 0 aromatic heterocycles. The van der Waals surface area contributed by atoms with E-state index < -0.39 is 0 Å². The number of anilines is 1. The first-order valence-corrected chi connectivity index (χ1v) is 5.83. The van der Waals surface area contributed by atoms with E-state index in [1.165, 1.54) is 5.56 Å². The molecule has 4 heteroatoms. The van der Waals surface area contributed by atoms with Crippen LogP contribution in [0.1, 0.15) is 5.56 Å². The lowest BCUT2D eigenvalue weighted by molar-refractivity contribution is -0.107. The zero-order chi connectivity index (χ0) is 12.3. The molecule has 1 aromatic rings. The summed E-state index contributed by atoms with van der Waals surface area (Å²) in [5.74, 6) is 0.833. The van der Waals surface area contributed by atoms with Crippen molar-refractivity contribution in [3.8, 4) is 5.75 Å². The Morgan fingerprint density at radius 3 is 3.00 bits per heavy atom. The van der Waals surface area contributed by atoms with Crippen LogP contribution in [0.5, 0.6) is 5.75 Å². The quantitative estimate of drug-likeness (QED) is 0.716. The molecule has 1 amide bonds.